The van der Waals surface area contributed by atoms with Crippen LogP contribution in [0.3, 0.4) is 0 Å². The van der Waals surface area contributed by atoms with Crippen molar-refractivity contribution in [2.45, 2.75) is 12.3 Å². The number of hydrogen-bond acceptors (Lipinski definition) is 4. The number of aromatic amines is 1. The Balaban J connectivity index is 1.71. The van der Waals surface area contributed by atoms with Crippen molar-refractivity contribution in [2.75, 3.05) is 26.8 Å². The Kier molecular flexibility index (Phi) is 4.30. The number of nitrogens with one attached hydrogen (secondary N) is 1. The second kappa shape index (κ2) is 6.76. The van der Waals surface area contributed by atoms with Crippen LogP contribution in [0.25, 0.3) is 16.8 Å². The number of amides is 1. The molecule has 1 atom stereocenters. The van der Waals surface area contributed by atoms with Crippen molar-refractivity contribution in [3.05, 3.63) is 58.6 Å². The van der Waals surface area contributed by atoms with Gasteiger partial charge in [0.2, 0.25) is 5.91 Å². The van der Waals surface area contributed by atoms with Gasteiger partial charge in [0.1, 0.15) is 0 Å². The van der Waals surface area contributed by atoms with Crippen molar-refractivity contribution in [3.8, 4) is 11.1 Å². The van der Waals surface area contributed by atoms with E-state index in [0.717, 1.165) is 11.1 Å². The van der Waals surface area contributed by atoms with Gasteiger partial charge in [-0.25, -0.2) is 9.50 Å². The molecule has 0 saturated carbocycles. The normalized spacial score (nSPS) is 17.3. The van der Waals surface area contributed by atoms with Gasteiger partial charge in [-0.3, -0.25) is 14.7 Å². The van der Waals surface area contributed by atoms with Gasteiger partial charge in [-0.2, -0.15) is 0 Å². The van der Waals surface area contributed by atoms with Crippen molar-refractivity contribution >= 4 is 11.6 Å². The first kappa shape index (κ1) is 16.5. The van der Waals surface area contributed by atoms with Crippen molar-refractivity contribution in [1.82, 2.24) is 19.5 Å². The van der Waals surface area contributed by atoms with E-state index in [0.29, 0.717) is 37.5 Å². The first-order valence-corrected chi connectivity index (χ1v) is 8.60. The van der Waals surface area contributed by atoms with Crippen molar-refractivity contribution in [2.24, 2.45) is 0 Å². The Morgan fingerprint density at radius 1 is 1.27 bits per heavy atom. The van der Waals surface area contributed by atoms with Gasteiger partial charge >= 0.3 is 0 Å². The maximum Gasteiger partial charge on any atom is 0.272 e. The smallest absolute Gasteiger partial charge is 0.272 e. The van der Waals surface area contributed by atoms with Crippen LogP contribution in [-0.2, 0) is 9.53 Å². The van der Waals surface area contributed by atoms with Crippen LogP contribution in [0.15, 0.2) is 47.4 Å². The first-order chi connectivity index (χ1) is 12.7. The van der Waals surface area contributed by atoms with E-state index in [2.05, 4.69) is 5.10 Å². The van der Waals surface area contributed by atoms with Crippen LogP contribution in [0.2, 0.25) is 0 Å². The molecule has 1 aliphatic rings. The number of hydrogen-bond donors (Lipinski definition) is 1. The van der Waals surface area contributed by atoms with Crippen LogP contribution < -0.4 is 5.56 Å². The predicted octanol–water partition coefficient (Wildman–Crippen LogP) is 1.65. The lowest BCUT2D eigenvalue weighted by Gasteiger charge is -2.15. The number of nitrogens with zero attached hydrogens (tertiary/aromatic N) is 3. The molecule has 7 nitrogen and oxygen atoms in total. The summed E-state index contributed by atoms with van der Waals surface area (Å²) in [5, 5.41) is 2.97. The monoisotopic (exact) mass is 352 g/mol. The molecule has 0 spiro atoms. The maximum absolute atomic E-state index is 12.5. The minimum Gasteiger partial charge on any atom is -0.383 e. The molecule has 0 aliphatic carbocycles. The van der Waals surface area contributed by atoms with Crippen molar-refractivity contribution in [3.63, 3.8) is 0 Å². The fraction of sp³-hybridized carbons (Fsp3) is 0.316. The first-order valence-electron chi connectivity index (χ1n) is 8.60. The van der Waals surface area contributed by atoms with E-state index < -0.39 is 0 Å². The fourth-order valence-corrected chi connectivity index (χ4v) is 3.43. The number of methoxy groups -OCH3 is 1. The number of carbonyl (C=O) groups excluding carboxylic acids is 1. The van der Waals surface area contributed by atoms with Crippen LogP contribution in [0.5, 0.6) is 0 Å². The molecular formula is C19H20N4O3. The summed E-state index contributed by atoms with van der Waals surface area (Å²) in [6.45, 7) is 1.63. The second-order valence-electron chi connectivity index (χ2n) is 6.46. The maximum atomic E-state index is 12.5. The van der Waals surface area contributed by atoms with Gasteiger partial charge in [-0.05, 0) is 5.56 Å². The van der Waals surface area contributed by atoms with E-state index in [1.807, 2.05) is 30.3 Å². The second-order valence-corrected chi connectivity index (χ2v) is 6.46. The van der Waals surface area contributed by atoms with Crippen molar-refractivity contribution < 1.29 is 9.53 Å². The number of fused-ring (bicyclic) bond motifs is 1. The van der Waals surface area contributed by atoms with Gasteiger partial charge in [0.15, 0.2) is 5.65 Å². The van der Waals surface area contributed by atoms with Crippen LogP contribution >= 0.6 is 0 Å². The molecule has 134 valence electrons. The number of carbonyl (C=O) groups is 1. The topological polar surface area (TPSA) is 79.7 Å². The van der Waals surface area contributed by atoms with E-state index in [9.17, 15) is 9.59 Å². The van der Waals surface area contributed by atoms with Crippen molar-refractivity contribution in [1.29, 1.82) is 0 Å². The highest BCUT2D eigenvalue weighted by atomic mass is 16.5. The lowest BCUT2D eigenvalue weighted by atomic mass is 10.0. The molecule has 3 heterocycles. The number of aromatic nitrogens is 3. The molecule has 26 heavy (non-hydrogen) atoms. The SMILES string of the molecule is COCCN1C[C@H](c2cc(=O)n3[nH]cc(-c4ccccc4)c3n2)CC1=O. The van der Waals surface area contributed by atoms with Gasteiger partial charge in [0.05, 0.1) is 12.3 Å². The summed E-state index contributed by atoms with van der Waals surface area (Å²) >= 11 is 0. The largest absolute Gasteiger partial charge is 0.383 e. The minimum absolute atomic E-state index is 0.0735. The highest BCUT2D eigenvalue weighted by Crippen LogP contribution is 2.28. The van der Waals surface area contributed by atoms with E-state index in [1.54, 1.807) is 18.2 Å². The Bertz CT molecular complexity index is 993. The zero-order chi connectivity index (χ0) is 18.1. The lowest BCUT2D eigenvalue weighted by molar-refractivity contribution is -0.128. The van der Waals surface area contributed by atoms with E-state index in [-0.39, 0.29) is 17.4 Å². The van der Waals surface area contributed by atoms with Crippen LogP contribution in [0.4, 0.5) is 0 Å². The van der Waals surface area contributed by atoms with Gasteiger partial charge in [0, 0.05) is 50.4 Å². The molecular weight excluding hydrogens is 332 g/mol. The molecule has 3 aromatic rings. The van der Waals surface area contributed by atoms with E-state index in [1.165, 1.54) is 10.6 Å². The number of likely N-dealkylation sites (tertiary alicyclic amines) is 1. The van der Waals surface area contributed by atoms with Gasteiger partial charge in [-0.15, -0.1) is 0 Å². The summed E-state index contributed by atoms with van der Waals surface area (Å²) in [6.07, 6.45) is 2.16. The summed E-state index contributed by atoms with van der Waals surface area (Å²) in [5.74, 6) is 0.00183. The van der Waals surface area contributed by atoms with Crippen LogP contribution in [0, 0.1) is 0 Å². The number of benzene rings is 1. The summed E-state index contributed by atoms with van der Waals surface area (Å²) < 4.78 is 6.49. The summed E-state index contributed by atoms with van der Waals surface area (Å²) in [4.78, 5) is 31.2. The zero-order valence-electron chi connectivity index (χ0n) is 14.5. The van der Waals surface area contributed by atoms with Gasteiger partial charge < -0.3 is 9.64 Å². The standard InChI is InChI=1S/C19H20N4O3/c1-26-8-7-22-12-14(9-17(22)24)16-10-18(25)23-19(21-16)15(11-20-23)13-5-3-2-4-6-13/h2-6,10-11,14,20H,7-9,12H2,1H3/t14-/m1/s1. The third-order valence-electron chi connectivity index (χ3n) is 4.80. The minimum atomic E-state index is -0.171. The molecule has 4 rings (SSSR count). The fourth-order valence-electron chi connectivity index (χ4n) is 3.43. The third-order valence-corrected chi connectivity index (χ3v) is 4.80. The molecule has 1 fully saturated rings. The molecule has 2 aromatic heterocycles. The molecule has 7 heteroatoms. The van der Waals surface area contributed by atoms with Crippen LogP contribution in [0.1, 0.15) is 18.0 Å². The summed E-state index contributed by atoms with van der Waals surface area (Å²) in [5.41, 5.74) is 2.93. The molecule has 0 bridgehead atoms. The Hall–Kier alpha value is -2.93. The predicted molar refractivity (Wildman–Crippen MR) is 97.1 cm³/mol. The number of H-pyrrole nitrogens is 1. The molecule has 1 saturated heterocycles. The van der Waals surface area contributed by atoms with Gasteiger partial charge in [0.25, 0.3) is 5.56 Å². The summed E-state index contributed by atoms with van der Waals surface area (Å²) in [7, 11) is 1.62. The Labute approximate surface area is 150 Å². The van der Waals surface area contributed by atoms with Crippen LogP contribution in [-0.4, -0.2) is 52.2 Å². The Morgan fingerprint density at radius 3 is 2.85 bits per heavy atom. The Morgan fingerprint density at radius 2 is 2.08 bits per heavy atom. The highest BCUT2D eigenvalue weighted by molar-refractivity contribution is 5.80. The molecule has 1 aromatic carbocycles. The highest BCUT2D eigenvalue weighted by Gasteiger charge is 2.31. The molecule has 0 unspecified atom stereocenters. The van der Waals surface area contributed by atoms with Gasteiger partial charge in [-0.1, -0.05) is 30.3 Å². The quantitative estimate of drug-likeness (QED) is 0.757. The molecule has 1 aliphatic heterocycles. The zero-order valence-corrected chi connectivity index (χ0v) is 14.5. The third kappa shape index (κ3) is 2.90. The average Bonchev–Trinajstić information content (AvgIpc) is 3.24. The summed E-state index contributed by atoms with van der Waals surface area (Å²) in [6, 6.07) is 11.3. The molecule has 0 radical (unpaired) electrons. The molecule has 1 amide bonds. The van der Waals surface area contributed by atoms with E-state index in [4.69, 9.17) is 9.72 Å². The number of ether oxygens (including phenoxy) is 1. The van der Waals surface area contributed by atoms with E-state index >= 15 is 0 Å². The average molecular weight is 352 g/mol. The lowest BCUT2D eigenvalue weighted by Crippen LogP contribution is -2.28. The number of rotatable bonds is 5. The molecule has 1 N–H and O–H groups in total.